The third kappa shape index (κ3) is 6.89. The van der Waals surface area contributed by atoms with E-state index in [0.717, 1.165) is 5.56 Å². The summed E-state index contributed by atoms with van der Waals surface area (Å²) < 4.78 is 1.37. The minimum atomic E-state index is -0.294. The Morgan fingerprint density at radius 2 is 1.55 bits per heavy atom. The van der Waals surface area contributed by atoms with Gasteiger partial charge in [0.25, 0.3) is 11.5 Å². The fourth-order valence-corrected chi connectivity index (χ4v) is 3.13. The third-order valence-corrected chi connectivity index (χ3v) is 4.32. The lowest BCUT2D eigenvalue weighted by atomic mass is 10.1. The maximum absolute atomic E-state index is 12.9. The van der Waals surface area contributed by atoms with Gasteiger partial charge in [-0.05, 0) is 48.6 Å². The predicted molar refractivity (Wildman–Crippen MR) is 116 cm³/mol. The van der Waals surface area contributed by atoms with Crippen LogP contribution in [0.25, 0.3) is 0 Å². The molecule has 6 heteroatoms. The topological polar surface area (TPSA) is 71.4 Å². The zero-order valence-corrected chi connectivity index (χ0v) is 17.9. The minimum absolute atomic E-state index is 0.00316. The van der Waals surface area contributed by atoms with Crippen molar-refractivity contribution in [2.24, 2.45) is 11.8 Å². The summed E-state index contributed by atoms with van der Waals surface area (Å²) in [5, 5.41) is 2.77. The molecule has 0 aliphatic heterocycles. The molecule has 0 saturated carbocycles. The van der Waals surface area contributed by atoms with Crippen LogP contribution in [0.2, 0.25) is 0 Å². The lowest BCUT2D eigenvalue weighted by Gasteiger charge is -2.26. The largest absolute Gasteiger partial charge is 0.338 e. The predicted octanol–water partition coefficient (Wildman–Crippen LogP) is 3.55. The second-order valence-corrected chi connectivity index (χ2v) is 8.30. The zero-order chi connectivity index (χ0) is 21.6. The van der Waals surface area contributed by atoms with Crippen LogP contribution in [0.4, 0.5) is 5.69 Å². The number of nitrogens with one attached hydrogen (secondary N) is 1. The third-order valence-electron chi connectivity index (χ3n) is 4.32. The average molecular weight is 398 g/mol. The molecule has 0 radical (unpaired) electrons. The van der Waals surface area contributed by atoms with Gasteiger partial charge in [-0.1, -0.05) is 33.8 Å². The van der Waals surface area contributed by atoms with Crippen molar-refractivity contribution >= 4 is 17.5 Å². The number of anilines is 1. The van der Waals surface area contributed by atoms with E-state index in [9.17, 15) is 14.4 Å². The highest BCUT2D eigenvalue weighted by molar-refractivity contribution is 5.95. The first-order valence-corrected chi connectivity index (χ1v) is 10.0. The summed E-state index contributed by atoms with van der Waals surface area (Å²) in [5.74, 6) is 0.484. The number of aryl methyl sites for hydroxylation is 1. The highest BCUT2D eigenvalue weighted by atomic mass is 16.2. The van der Waals surface area contributed by atoms with Crippen LogP contribution < -0.4 is 10.9 Å². The van der Waals surface area contributed by atoms with Crippen LogP contribution in [0.15, 0.2) is 47.4 Å². The highest BCUT2D eigenvalue weighted by Gasteiger charge is 2.18. The number of hydrogen-bond acceptors (Lipinski definition) is 3. The number of hydrogen-bond donors (Lipinski definition) is 1. The number of rotatable bonds is 8. The molecule has 0 aliphatic carbocycles. The zero-order valence-electron chi connectivity index (χ0n) is 17.9. The van der Waals surface area contributed by atoms with Gasteiger partial charge in [0.1, 0.15) is 6.54 Å². The Morgan fingerprint density at radius 3 is 2.10 bits per heavy atom. The molecule has 0 saturated heterocycles. The van der Waals surface area contributed by atoms with Crippen LogP contribution in [0.1, 0.15) is 43.6 Å². The Hall–Kier alpha value is -2.89. The molecule has 0 fully saturated rings. The molecule has 1 N–H and O–H groups in total. The molecule has 0 atom stereocenters. The molecule has 6 nitrogen and oxygen atoms in total. The molecule has 1 aromatic carbocycles. The van der Waals surface area contributed by atoms with Crippen molar-refractivity contribution in [3.8, 4) is 0 Å². The normalized spacial score (nSPS) is 11.0. The summed E-state index contributed by atoms with van der Waals surface area (Å²) in [6.07, 6.45) is 1.65. The van der Waals surface area contributed by atoms with Gasteiger partial charge in [0.15, 0.2) is 0 Å². The van der Waals surface area contributed by atoms with Crippen molar-refractivity contribution in [2.45, 2.75) is 41.2 Å². The molecule has 0 bridgehead atoms. The standard InChI is InChI=1S/C23H31N3O3/c1-16(2)12-26(13-17(3)4)23(29)19-7-9-20(10-8-19)24-21(27)15-25-14-18(5)6-11-22(25)28/h6-11,14,16-17H,12-13,15H2,1-5H3,(H,24,27). The van der Waals surface area contributed by atoms with E-state index < -0.39 is 0 Å². The van der Waals surface area contributed by atoms with E-state index in [2.05, 4.69) is 33.0 Å². The number of nitrogens with zero attached hydrogens (tertiary/aromatic N) is 2. The molecule has 0 unspecified atom stereocenters. The van der Waals surface area contributed by atoms with Crippen LogP contribution >= 0.6 is 0 Å². The summed E-state index contributed by atoms with van der Waals surface area (Å²) in [5.41, 5.74) is 1.88. The lowest BCUT2D eigenvalue weighted by molar-refractivity contribution is -0.116. The fraction of sp³-hybridized carbons (Fsp3) is 0.435. The van der Waals surface area contributed by atoms with E-state index in [1.165, 1.54) is 10.6 Å². The Labute approximate surface area is 172 Å². The summed E-state index contributed by atoms with van der Waals surface area (Å²) >= 11 is 0. The van der Waals surface area contributed by atoms with Gasteiger partial charge in [0.05, 0.1) is 0 Å². The van der Waals surface area contributed by atoms with Gasteiger partial charge in [-0.25, -0.2) is 0 Å². The first kappa shape index (κ1) is 22.4. The molecule has 0 spiro atoms. The van der Waals surface area contributed by atoms with Crippen LogP contribution in [0.5, 0.6) is 0 Å². The monoisotopic (exact) mass is 397 g/mol. The molecule has 2 rings (SSSR count). The molecule has 2 amide bonds. The molecular formula is C23H31N3O3. The summed E-state index contributed by atoms with van der Waals surface area (Å²) in [6.45, 7) is 11.6. The van der Waals surface area contributed by atoms with Gasteiger partial charge in [0.2, 0.25) is 5.91 Å². The van der Waals surface area contributed by atoms with E-state index in [4.69, 9.17) is 0 Å². The first-order valence-electron chi connectivity index (χ1n) is 10.0. The van der Waals surface area contributed by atoms with E-state index in [1.807, 2.05) is 11.8 Å². The van der Waals surface area contributed by atoms with Crippen LogP contribution in [0.3, 0.4) is 0 Å². The van der Waals surface area contributed by atoms with Crippen molar-refractivity contribution < 1.29 is 9.59 Å². The number of aromatic nitrogens is 1. The smallest absolute Gasteiger partial charge is 0.253 e. The van der Waals surface area contributed by atoms with Crippen molar-refractivity contribution in [2.75, 3.05) is 18.4 Å². The maximum atomic E-state index is 12.9. The Kier molecular flexibility index (Phi) is 7.76. The molecule has 1 heterocycles. The quantitative estimate of drug-likeness (QED) is 0.740. The van der Waals surface area contributed by atoms with Crippen molar-refractivity contribution in [1.29, 1.82) is 0 Å². The van der Waals surface area contributed by atoms with E-state index in [1.54, 1.807) is 36.5 Å². The van der Waals surface area contributed by atoms with Gasteiger partial charge >= 0.3 is 0 Å². The summed E-state index contributed by atoms with van der Waals surface area (Å²) in [4.78, 5) is 38.8. The van der Waals surface area contributed by atoms with E-state index in [0.29, 0.717) is 36.2 Å². The molecule has 29 heavy (non-hydrogen) atoms. The number of amides is 2. The van der Waals surface area contributed by atoms with Gasteiger partial charge in [0, 0.05) is 36.6 Å². The van der Waals surface area contributed by atoms with Gasteiger partial charge in [-0.2, -0.15) is 0 Å². The van der Waals surface area contributed by atoms with E-state index >= 15 is 0 Å². The van der Waals surface area contributed by atoms with Crippen LogP contribution in [-0.2, 0) is 11.3 Å². The first-order chi connectivity index (χ1) is 13.7. The molecular weight excluding hydrogens is 366 g/mol. The Bertz CT molecular complexity index is 888. The second kappa shape index (κ2) is 10.0. The second-order valence-electron chi connectivity index (χ2n) is 8.30. The van der Waals surface area contributed by atoms with Crippen LogP contribution in [0, 0.1) is 18.8 Å². The van der Waals surface area contributed by atoms with Gasteiger partial charge in [-0.3, -0.25) is 14.4 Å². The number of carbonyl (C=O) groups excluding carboxylic acids is 2. The molecule has 1 aromatic heterocycles. The van der Waals surface area contributed by atoms with Gasteiger partial charge in [-0.15, -0.1) is 0 Å². The fourth-order valence-electron chi connectivity index (χ4n) is 3.13. The molecule has 0 aliphatic rings. The minimum Gasteiger partial charge on any atom is -0.338 e. The summed E-state index contributed by atoms with van der Waals surface area (Å²) in [6, 6.07) is 10.0. The Morgan fingerprint density at radius 1 is 0.966 bits per heavy atom. The average Bonchev–Trinajstić information content (AvgIpc) is 2.63. The van der Waals surface area contributed by atoms with Crippen molar-refractivity contribution in [1.82, 2.24) is 9.47 Å². The molecule has 2 aromatic rings. The number of benzene rings is 1. The number of pyridine rings is 1. The maximum Gasteiger partial charge on any atom is 0.253 e. The van der Waals surface area contributed by atoms with Gasteiger partial charge < -0.3 is 14.8 Å². The summed E-state index contributed by atoms with van der Waals surface area (Å²) in [7, 11) is 0. The van der Waals surface area contributed by atoms with E-state index in [-0.39, 0.29) is 23.9 Å². The highest BCUT2D eigenvalue weighted by Crippen LogP contribution is 2.14. The van der Waals surface area contributed by atoms with Crippen molar-refractivity contribution in [3.63, 3.8) is 0 Å². The lowest BCUT2D eigenvalue weighted by Crippen LogP contribution is -2.37. The SMILES string of the molecule is Cc1ccc(=O)n(CC(=O)Nc2ccc(C(=O)N(CC(C)C)CC(C)C)cc2)c1. The Balaban J connectivity index is 2.04. The molecule has 156 valence electrons. The van der Waals surface area contributed by atoms with Crippen molar-refractivity contribution in [3.05, 3.63) is 64.1 Å². The number of carbonyl (C=O) groups is 2. The van der Waals surface area contributed by atoms with Crippen LogP contribution in [-0.4, -0.2) is 34.4 Å².